The van der Waals surface area contributed by atoms with Crippen molar-refractivity contribution in [1.29, 1.82) is 0 Å². The van der Waals surface area contributed by atoms with E-state index in [4.69, 9.17) is 11.6 Å². The Bertz CT molecular complexity index is 863. The van der Waals surface area contributed by atoms with Crippen LogP contribution in [0.15, 0.2) is 72.1 Å². The van der Waals surface area contributed by atoms with Crippen LogP contribution in [-0.4, -0.2) is 28.4 Å². The molecule has 31 heavy (non-hydrogen) atoms. The molecule has 0 saturated heterocycles. The Kier molecular flexibility index (Phi) is 9.83. The minimum absolute atomic E-state index is 0.475. The fourth-order valence-corrected chi connectivity index (χ4v) is 4.96. The number of rotatable bonds is 13. The van der Waals surface area contributed by atoms with Crippen molar-refractivity contribution in [1.82, 2.24) is 9.55 Å². The Morgan fingerprint density at radius 2 is 1.81 bits per heavy atom. The van der Waals surface area contributed by atoms with Crippen LogP contribution in [0.1, 0.15) is 44.6 Å². The first-order valence-corrected chi connectivity index (χ1v) is 12.6. The Balaban J connectivity index is 1.58. The Hall–Kier alpha value is -1.91. The lowest BCUT2D eigenvalue weighted by molar-refractivity contribution is 0.624. The maximum absolute atomic E-state index is 6.04. The molecule has 0 N–H and O–H groups in total. The highest BCUT2D eigenvalue weighted by Crippen LogP contribution is 2.29. The molecule has 0 amide bonds. The Morgan fingerprint density at radius 1 is 1.03 bits per heavy atom. The lowest BCUT2D eigenvalue weighted by Crippen LogP contribution is -2.18. The molecule has 0 aliphatic carbocycles. The SMILES string of the molecule is CCCCCCN(C)c1ccc(SC(CCc2ccc(Cl)cc2)Cn2ccnc2)cc1. The molecule has 1 aromatic heterocycles. The summed E-state index contributed by atoms with van der Waals surface area (Å²) in [5.74, 6) is 0. The van der Waals surface area contributed by atoms with Crippen LogP contribution in [0.2, 0.25) is 5.02 Å². The van der Waals surface area contributed by atoms with Gasteiger partial charge in [-0.25, -0.2) is 4.98 Å². The smallest absolute Gasteiger partial charge is 0.0946 e. The molecule has 2 aromatic carbocycles. The number of nitrogens with zero attached hydrogens (tertiary/aromatic N) is 3. The van der Waals surface area contributed by atoms with Crippen LogP contribution >= 0.6 is 23.4 Å². The first-order valence-electron chi connectivity index (χ1n) is 11.3. The summed E-state index contributed by atoms with van der Waals surface area (Å²) >= 11 is 8.00. The predicted octanol–water partition coefficient (Wildman–Crippen LogP) is 7.35. The fourth-order valence-electron chi connectivity index (χ4n) is 3.67. The minimum Gasteiger partial charge on any atom is -0.375 e. The van der Waals surface area contributed by atoms with E-state index in [0.29, 0.717) is 5.25 Å². The van der Waals surface area contributed by atoms with Gasteiger partial charge in [-0.05, 0) is 61.2 Å². The van der Waals surface area contributed by atoms with E-state index in [0.717, 1.165) is 31.0 Å². The molecule has 1 unspecified atom stereocenters. The third-order valence-corrected chi connectivity index (χ3v) is 7.08. The molecule has 0 saturated carbocycles. The van der Waals surface area contributed by atoms with Gasteiger partial charge in [-0.2, -0.15) is 0 Å². The Morgan fingerprint density at radius 3 is 2.48 bits per heavy atom. The monoisotopic (exact) mass is 455 g/mol. The number of hydrogen-bond donors (Lipinski definition) is 0. The first kappa shape index (κ1) is 23.7. The molecular formula is C26H34ClN3S. The molecule has 1 atom stereocenters. The third kappa shape index (κ3) is 8.27. The second-order valence-corrected chi connectivity index (χ2v) is 9.95. The topological polar surface area (TPSA) is 21.1 Å². The summed E-state index contributed by atoms with van der Waals surface area (Å²) in [6.07, 6.45) is 13.2. The maximum atomic E-state index is 6.04. The molecule has 0 aliphatic rings. The third-order valence-electron chi connectivity index (χ3n) is 5.57. The second kappa shape index (κ2) is 12.8. The van der Waals surface area contributed by atoms with E-state index >= 15 is 0 Å². The second-order valence-electron chi connectivity index (χ2n) is 8.14. The average molecular weight is 456 g/mol. The number of hydrogen-bond acceptors (Lipinski definition) is 3. The normalized spacial score (nSPS) is 12.1. The molecule has 3 aromatic rings. The molecule has 3 rings (SSSR count). The Labute approximate surface area is 196 Å². The van der Waals surface area contributed by atoms with Gasteiger partial charge in [0.1, 0.15) is 0 Å². The van der Waals surface area contributed by atoms with Crippen LogP contribution in [0.4, 0.5) is 5.69 Å². The van der Waals surface area contributed by atoms with Gasteiger partial charge in [0.15, 0.2) is 0 Å². The van der Waals surface area contributed by atoms with Crippen molar-refractivity contribution in [2.24, 2.45) is 0 Å². The highest BCUT2D eigenvalue weighted by Gasteiger charge is 2.13. The number of benzene rings is 2. The van der Waals surface area contributed by atoms with E-state index in [9.17, 15) is 0 Å². The molecule has 5 heteroatoms. The highest BCUT2D eigenvalue weighted by molar-refractivity contribution is 8.00. The van der Waals surface area contributed by atoms with E-state index in [1.807, 2.05) is 42.6 Å². The lowest BCUT2D eigenvalue weighted by Gasteiger charge is -2.21. The molecule has 0 spiro atoms. The van der Waals surface area contributed by atoms with Crippen LogP contribution < -0.4 is 4.90 Å². The fraction of sp³-hybridized carbons (Fsp3) is 0.423. The van der Waals surface area contributed by atoms with Crippen LogP contribution in [0, 0.1) is 0 Å². The van der Waals surface area contributed by atoms with Crippen LogP contribution in [0.3, 0.4) is 0 Å². The minimum atomic E-state index is 0.475. The van der Waals surface area contributed by atoms with Crippen molar-refractivity contribution in [3.63, 3.8) is 0 Å². The summed E-state index contributed by atoms with van der Waals surface area (Å²) in [6.45, 7) is 4.34. The van der Waals surface area contributed by atoms with Crippen molar-refractivity contribution in [2.75, 3.05) is 18.5 Å². The molecule has 166 valence electrons. The van der Waals surface area contributed by atoms with E-state index in [1.165, 1.54) is 41.8 Å². The van der Waals surface area contributed by atoms with Crippen LogP contribution in [0.5, 0.6) is 0 Å². The van der Waals surface area contributed by atoms with Gasteiger partial charge in [-0.1, -0.05) is 49.9 Å². The summed E-state index contributed by atoms with van der Waals surface area (Å²) in [6, 6.07) is 17.3. The number of imidazole rings is 1. The molecule has 3 nitrogen and oxygen atoms in total. The van der Waals surface area contributed by atoms with Crippen molar-refractivity contribution < 1.29 is 0 Å². The van der Waals surface area contributed by atoms with Crippen LogP contribution in [0.25, 0.3) is 0 Å². The van der Waals surface area contributed by atoms with Crippen molar-refractivity contribution in [3.05, 3.63) is 77.8 Å². The first-order chi connectivity index (χ1) is 15.1. The highest BCUT2D eigenvalue weighted by atomic mass is 35.5. The zero-order valence-electron chi connectivity index (χ0n) is 18.7. The molecule has 0 radical (unpaired) electrons. The molecule has 0 aliphatic heterocycles. The summed E-state index contributed by atoms with van der Waals surface area (Å²) in [7, 11) is 2.20. The van der Waals surface area contributed by atoms with E-state index in [1.54, 1.807) is 0 Å². The number of halogens is 1. The number of aromatic nitrogens is 2. The van der Waals surface area contributed by atoms with Crippen molar-refractivity contribution in [3.8, 4) is 0 Å². The van der Waals surface area contributed by atoms with E-state index in [2.05, 4.69) is 64.8 Å². The zero-order valence-corrected chi connectivity index (χ0v) is 20.3. The zero-order chi connectivity index (χ0) is 21.9. The van der Waals surface area contributed by atoms with Gasteiger partial charge in [0.05, 0.1) is 6.33 Å². The number of thioether (sulfide) groups is 1. The number of unbranched alkanes of at least 4 members (excludes halogenated alkanes) is 3. The lowest BCUT2D eigenvalue weighted by atomic mass is 10.1. The average Bonchev–Trinajstić information content (AvgIpc) is 3.29. The van der Waals surface area contributed by atoms with Gasteiger partial charge >= 0.3 is 0 Å². The molecule has 0 fully saturated rings. The molecular weight excluding hydrogens is 422 g/mol. The molecule has 0 bridgehead atoms. The van der Waals surface area contributed by atoms with Crippen molar-refractivity contribution >= 4 is 29.1 Å². The van der Waals surface area contributed by atoms with Gasteiger partial charge in [0.2, 0.25) is 0 Å². The van der Waals surface area contributed by atoms with Gasteiger partial charge in [0.25, 0.3) is 0 Å². The van der Waals surface area contributed by atoms with Crippen molar-refractivity contribution in [2.45, 2.75) is 62.1 Å². The predicted molar refractivity (Wildman–Crippen MR) is 135 cm³/mol. The van der Waals surface area contributed by atoms with Gasteiger partial charge < -0.3 is 9.47 Å². The van der Waals surface area contributed by atoms with E-state index in [-0.39, 0.29) is 0 Å². The van der Waals surface area contributed by atoms with Gasteiger partial charge in [0, 0.05) is 53.4 Å². The standard InChI is InChI=1S/C26H34ClN3S/c1-3-4-5-6-18-29(2)24-12-15-25(16-13-24)31-26(20-30-19-17-28-21-30)14-9-22-7-10-23(27)11-8-22/h7-8,10-13,15-17,19,21,26H,3-6,9,14,18,20H2,1-2H3. The maximum Gasteiger partial charge on any atom is 0.0946 e. The largest absolute Gasteiger partial charge is 0.375 e. The van der Waals surface area contributed by atoms with Crippen LogP contribution in [-0.2, 0) is 13.0 Å². The summed E-state index contributed by atoms with van der Waals surface area (Å²) in [5, 5.41) is 1.27. The number of aryl methyl sites for hydroxylation is 1. The van der Waals surface area contributed by atoms with Gasteiger partial charge in [-0.3, -0.25) is 0 Å². The van der Waals surface area contributed by atoms with Gasteiger partial charge in [-0.15, -0.1) is 11.8 Å². The summed E-state index contributed by atoms with van der Waals surface area (Å²) in [4.78, 5) is 7.90. The summed E-state index contributed by atoms with van der Waals surface area (Å²) < 4.78 is 2.18. The molecule has 1 heterocycles. The number of anilines is 1. The quantitative estimate of drug-likeness (QED) is 0.198. The summed E-state index contributed by atoms with van der Waals surface area (Å²) in [5.41, 5.74) is 2.63. The van der Waals surface area contributed by atoms with E-state index < -0.39 is 0 Å².